The number of carboxylic acid groups (broad SMARTS) is 1. The summed E-state index contributed by atoms with van der Waals surface area (Å²) in [5.41, 5.74) is 0.464. The van der Waals surface area contributed by atoms with Gasteiger partial charge in [0.1, 0.15) is 11.5 Å². The van der Waals surface area contributed by atoms with Crippen molar-refractivity contribution in [3.8, 4) is 11.5 Å². The van der Waals surface area contributed by atoms with Crippen LogP contribution in [0.3, 0.4) is 0 Å². The molecule has 0 aliphatic carbocycles. The van der Waals surface area contributed by atoms with Gasteiger partial charge in [-0.25, -0.2) is 0 Å². The molecule has 0 aromatic heterocycles. The molecular formula is C19H27NO5. The van der Waals surface area contributed by atoms with Gasteiger partial charge in [-0.3, -0.25) is 9.59 Å². The van der Waals surface area contributed by atoms with Gasteiger partial charge in [-0.1, -0.05) is 20.3 Å². The summed E-state index contributed by atoms with van der Waals surface area (Å²) in [4.78, 5) is 25.5. The van der Waals surface area contributed by atoms with E-state index in [1.165, 1.54) is 0 Å². The molecule has 1 aliphatic rings. The second-order valence-corrected chi connectivity index (χ2v) is 6.28. The molecule has 1 amide bonds. The summed E-state index contributed by atoms with van der Waals surface area (Å²) >= 11 is 0. The third kappa shape index (κ3) is 5.11. The van der Waals surface area contributed by atoms with Crippen LogP contribution in [0, 0.1) is 5.92 Å². The van der Waals surface area contributed by atoms with Crippen molar-refractivity contribution in [3.63, 3.8) is 0 Å². The van der Waals surface area contributed by atoms with Gasteiger partial charge in [-0.15, -0.1) is 0 Å². The first kappa shape index (κ1) is 19.1. The lowest BCUT2D eigenvalue weighted by Crippen LogP contribution is -2.30. The van der Waals surface area contributed by atoms with Crippen LogP contribution in [0.5, 0.6) is 11.5 Å². The van der Waals surface area contributed by atoms with Crippen LogP contribution in [-0.4, -0.2) is 48.2 Å². The first-order chi connectivity index (χ1) is 12.1. The fourth-order valence-electron chi connectivity index (χ4n) is 2.75. The maximum Gasteiger partial charge on any atom is 0.308 e. The predicted molar refractivity (Wildman–Crippen MR) is 94.3 cm³/mol. The van der Waals surface area contributed by atoms with E-state index in [2.05, 4.69) is 6.92 Å². The highest BCUT2D eigenvalue weighted by Gasteiger charge is 2.32. The van der Waals surface area contributed by atoms with Crippen molar-refractivity contribution in [1.29, 1.82) is 0 Å². The van der Waals surface area contributed by atoms with Crippen molar-refractivity contribution in [2.24, 2.45) is 5.92 Å². The average Bonchev–Trinajstić information content (AvgIpc) is 3.10. The van der Waals surface area contributed by atoms with Gasteiger partial charge in [0, 0.05) is 19.2 Å². The summed E-state index contributed by atoms with van der Waals surface area (Å²) < 4.78 is 11.4. The van der Waals surface area contributed by atoms with E-state index < -0.39 is 11.9 Å². The topological polar surface area (TPSA) is 76.1 Å². The summed E-state index contributed by atoms with van der Waals surface area (Å²) in [5, 5.41) is 9.12. The molecule has 1 atom stereocenters. The van der Waals surface area contributed by atoms with Gasteiger partial charge in [-0.05, 0) is 31.4 Å². The Labute approximate surface area is 148 Å². The van der Waals surface area contributed by atoms with E-state index in [1.54, 1.807) is 23.1 Å². The molecular weight excluding hydrogens is 322 g/mol. The number of unbranched alkanes of at least 4 members (excludes halogenated alkanes) is 1. The number of ether oxygens (including phenoxy) is 2. The van der Waals surface area contributed by atoms with Gasteiger partial charge in [0.25, 0.3) is 5.91 Å². The zero-order chi connectivity index (χ0) is 18.2. The van der Waals surface area contributed by atoms with Crippen molar-refractivity contribution in [2.45, 2.75) is 39.5 Å². The van der Waals surface area contributed by atoms with E-state index >= 15 is 0 Å². The van der Waals surface area contributed by atoms with Crippen molar-refractivity contribution >= 4 is 11.9 Å². The van der Waals surface area contributed by atoms with Crippen LogP contribution in [0.2, 0.25) is 0 Å². The largest absolute Gasteiger partial charge is 0.493 e. The van der Waals surface area contributed by atoms with Gasteiger partial charge in [0.05, 0.1) is 24.7 Å². The van der Waals surface area contributed by atoms with Crippen molar-refractivity contribution < 1.29 is 24.2 Å². The van der Waals surface area contributed by atoms with Gasteiger partial charge < -0.3 is 19.5 Å². The number of hydrogen-bond donors (Lipinski definition) is 1. The Morgan fingerprint density at radius 2 is 2.00 bits per heavy atom. The Morgan fingerprint density at radius 1 is 1.20 bits per heavy atom. The summed E-state index contributed by atoms with van der Waals surface area (Å²) in [6, 6.07) is 5.23. The van der Waals surface area contributed by atoms with E-state index in [9.17, 15) is 9.59 Å². The first-order valence-electron chi connectivity index (χ1n) is 8.98. The van der Waals surface area contributed by atoms with E-state index in [-0.39, 0.29) is 12.5 Å². The van der Waals surface area contributed by atoms with Gasteiger partial charge in [0.15, 0.2) is 0 Å². The smallest absolute Gasteiger partial charge is 0.308 e. The summed E-state index contributed by atoms with van der Waals surface area (Å²) in [7, 11) is 0. The molecule has 0 radical (unpaired) electrons. The number of amides is 1. The minimum Gasteiger partial charge on any atom is -0.493 e. The quantitative estimate of drug-likeness (QED) is 0.693. The number of carboxylic acids is 1. The molecule has 1 heterocycles. The van der Waals surface area contributed by atoms with Crippen molar-refractivity contribution in [2.75, 3.05) is 26.3 Å². The number of aliphatic carboxylic acids is 1. The number of rotatable bonds is 9. The van der Waals surface area contributed by atoms with E-state index in [4.69, 9.17) is 14.6 Å². The number of hydrogen-bond acceptors (Lipinski definition) is 4. The first-order valence-corrected chi connectivity index (χ1v) is 8.98. The fourth-order valence-corrected chi connectivity index (χ4v) is 2.75. The molecule has 0 saturated carbocycles. The molecule has 0 spiro atoms. The number of carbonyl (C=O) groups is 2. The van der Waals surface area contributed by atoms with Crippen molar-refractivity contribution in [1.82, 2.24) is 4.90 Å². The Hall–Kier alpha value is -2.24. The summed E-state index contributed by atoms with van der Waals surface area (Å²) in [6.07, 6.45) is 3.29. The Morgan fingerprint density at radius 3 is 2.64 bits per heavy atom. The molecule has 1 aromatic rings. The molecule has 1 N–H and O–H groups in total. The highest BCUT2D eigenvalue weighted by molar-refractivity contribution is 5.97. The van der Waals surface area contributed by atoms with E-state index in [1.807, 2.05) is 6.92 Å². The molecule has 25 heavy (non-hydrogen) atoms. The lowest BCUT2D eigenvalue weighted by molar-refractivity contribution is -0.141. The van der Waals surface area contributed by atoms with Gasteiger partial charge in [-0.2, -0.15) is 0 Å². The van der Waals surface area contributed by atoms with Crippen LogP contribution in [0.25, 0.3) is 0 Å². The molecule has 1 aromatic carbocycles. The highest BCUT2D eigenvalue weighted by atomic mass is 16.5. The molecule has 6 nitrogen and oxygen atoms in total. The molecule has 1 saturated heterocycles. The Balaban J connectivity index is 2.16. The summed E-state index contributed by atoms with van der Waals surface area (Å²) in [5.74, 6) is -0.337. The Kier molecular flexibility index (Phi) is 7.10. The standard InChI is InChI=1S/C19H27NO5/c1-3-5-11-25-17-12-15(24-10-4-2)6-7-16(17)18(21)20-9-8-14(13-20)19(22)23/h6-7,12,14H,3-5,8-11,13H2,1-2H3,(H,22,23). The SMILES string of the molecule is CCCCOc1cc(OCCC)ccc1C(=O)N1CCC(C(=O)O)C1. The normalized spacial score (nSPS) is 16.7. The van der Waals surface area contributed by atoms with Crippen LogP contribution < -0.4 is 9.47 Å². The van der Waals surface area contributed by atoms with Crippen LogP contribution in [0.15, 0.2) is 18.2 Å². The number of carbonyl (C=O) groups excluding carboxylic acids is 1. The van der Waals surface area contributed by atoms with Crippen LogP contribution >= 0.6 is 0 Å². The molecule has 1 fully saturated rings. The third-order valence-electron chi connectivity index (χ3n) is 4.24. The van der Waals surface area contributed by atoms with E-state index in [0.29, 0.717) is 43.2 Å². The van der Waals surface area contributed by atoms with Crippen LogP contribution in [0.4, 0.5) is 0 Å². The van der Waals surface area contributed by atoms with Crippen LogP contribution in [-0.2, 0) is 4.79 Å². The average molecular weight is 349 g/mol. The molecule has 0 bridgehead atoms. The number of benzene rings is 1. The third-order valence-corrected chi connectivity index (χ3v) is 4.24. The predicted octanol–water partition coefficient (Wildman–Crippen LogP) is 3.20. The lowest BCUT2D eigenvalue weighted by atomic mass is 10.1. The maximum atomic E-state index is 12.8. The van der Waals surface area contributed by atoms with Crippen molar-refractivity contribution in [3.05, 3.63) is 23.8 Å². The van der Waals surface area contributed by atoms with Gasteiger partial charge in [0.2, 0.25) is 0 Å². The lowest BCUT2D eigenvalue weighted by Gasteiger charge is -2.19. The highest BCUT2D eigenvalue weighted by Crippen LogP contribution is 2.28. The zero-order valence-electron chi connectivity index (χ0n) is 15.0. The monoisotopic (exact) mass is 349 g/mol. The number of likely N-dealkylation sites (tertiary alicyclic amines) is 1. The second-order valence-electron chi connectivity index (χ2n) is 6.28. The summed E-state index contributed by atoms with van der Waals surface area (Å²) in [6.45, 7) is 5.95. The molecule has 138 valence electrons. The minimum atomic E-state index is -0.849. The molecule has 1 unspecified atom stereocenters. The molecule has 1 aliphatic heterocycles. The zero-order valence-corrected chi connectivity index (χ0v) is 15.0. The Bertz CT molecular complexity index is 601. The minimum absolute atomic E-state index is 0.183. The van der Waals surface area contributed by atoms with E-state index in [0.717, 1.165) is 19.3 Å². The van der Waals surface area contributed by atoms with Gasteiger partial charge >= 0.3 is 5.97 Å². The molecule has 2 rings (SSSR count). The molecule has 6 heteroatoms. The van der Waals surface area contributed by atoms with Crippen LogP contribution in [0.1, 0.15) is 49.9 Å². The second kappa shape index (κ2) is 9.30. The maximum absolute atomic E-state index is 12.8. The fraction of sp³-hybridized carbons (Fsp3) is 0.579. The number of nitrogens with zero attached hydrogens (tertiary/aromatic N) is 1.